The summed E-state index contributed by atoms with van der Waals surface area (Å²) >= 11 is 0. The number of nitrogens with zero attached hydrogens (tertiary/aromatic N) is 2. The Hall–Kier alpha value is -2.94. The summed E-state index contributed by atoms with van der Waals surface area (Å²) in [6.45, 7) is 0.956. The van der Waals surface area contributed by atoms with E-state index in [0.29, 0.717) is 31.6 Å². The van der Waals surface area contributed by atoms with Crippen molar-refractivity contribution in [3.63, 3.8) is 0 Å². The molecular formula is C19H21N3O5S. The number of anilines is 2. The van der Waals surface area contributed by atoms with Crippen molar-refractivity contribution >= 4 is 32.8 Å². The Bertz CT molecular complexity index is 984. The van der Waals surface area contributed by atoms with Crippen molar-refractivity contribution in [2.24, 2.45) is 5.92 Å². The van der Waals surface area contributed by atoms with Crippen LogP contribution >= 0.6 is 0 Å². The molecule has 1 aliphatic rings. The molecule has 2 aromatic carbocycles. The highest BCUT2D eigenvalue weighted by molar-refractivity contribution is 7.90. The first-order valence-electron chi connectivity index (χ1n) is 8.85. The number of nitro benzene ring substituents is 1. The zero-order valence-corrected chi connectivity index (χ0v) is 16.2. The summed E-state index contributed by atoms with van der Waals surface area (Å²) in [5.74, 6) is -0.237. The van der Waals surface area contributed by atoms with Crippen molar-refractivity contribution in [1.82, 2.24) is 0 Å². The van der Waals surface area contributed by atoms with Gasteiger partial charge in [0, 0.05) is 37.0 Å². The van der Waals surface area contributed by atoms with Gasteiger partial charge in [0.25, 0.3) is 5.69 Å². The van der Waals surface area contributed by atoms with E-state index < -0.39 is 14.8 Å². The minimum atomic E-state index is -3.53. The van der Waals surface area contributed by atoms with Gasteiger partial charge in [-0.2, -0.15) is 0 Å². The number of para-hydroxylation sites is 1. The van der Waals surface area contributed by atoms with Crippen molar-refractivity contribution in [1.29, 1.82) is 0 Å². The normalized spacial score (nSPS) is 15.2. The van der Waals surface area contributed by atoms with Crippen LogP contribution in [0.3, 0.4) is 0 Å². The molecule has 1 heterocycles. The van der Waals surface area contributed by atoms with E-state index in [9.17, 15) is 23.3 Å². The lowest BCUT2D eigenvalue weighted by Gasteiger charge is -2.32. The number of sulfone groups is 1. The number of nitrogens with one attached hydrogen (secondary N) is 1. The van der Waals surface area contributed by atoms with E-state index in [4.69, 9.17) is 0 Å². The third-order valence-electron chi connectivity index (χ3n) is 4.82. The summed E-state index contributed by atoms with van der Waals surface area (Å²) < 4.78 is 23.4. The summed E-state index contributed by atoms with van der Waals surface area (Å²) in [6, 6.07) is 13.1. The molecule has 8 nitrogen and oxygen atoms in total. The Balaban J connectivity index is 1.71. The monoisotopic (exact) mass is 403 g/mol. The quantitative estimate of drug-likeness (QED) is 0.607. The van der Waals surface area contributed by atoms with Crippen LogP contribution in [0.2, 0.25) is 0 Å². The number of piperidine rings is 1. The van der Waals surface area contributed by atoms with Crippen LogP contribution in [0.4, 0.5) is 17.1 Å². The average molecular weight is 403 g/mol. The zero-order valence-electron chi connectivity index (χ0n) is 15.4. The van der Waals surface area contributed by atoms with Crippen LogP contribution in [-0.2, 0) is 14.6 Å². The Labute approximate surface area is 163 Å². The van der Waals surface area contributed by atoms with Crippen LogP contribution in [0, 0.1) is 16.0 Å². The fourth-order valence-corrected chi connectivity index (χ4v) is 3.94. The van der Waals surface area contributed by atoms with E-state index in [1.807, 2.05) is 35.2 Å². The molecule has 1 amide bonds. The highest BCUT2D eigenvalue weighted by Gasteiger charge is 2.29. The van der Waals surface area contributed by atoms with Crippen molar-refractivity contribution < 1.29 is 18.1 Å². The Morgan fingerprint density at radius 3 is 2.36 bits per heavy atom. The number of carbonyl (C=O) groups excluding carboxylic acids is 1. The summed E-state index contributed by atoms with van der Waals surface area (Å²) in [5, 5.41) is 14.3. The van der Waals surface area contributed by atoms with E-state index in [2.05, 4.69) is 5.32 Å². The molecule has 1 N–H and O–H groups in total. The molecule has 0 spiro atoms. The number of nitro groups is 1. The van der Waals surface area contributed by atoms with Gasteiger partial charge in [0.05, 0.1) is 9.82 Å². The van der Waals surface area contributed by atoms with Gasteiger partial charge in [-0.3, -0.25) is 14.9 Å². The Morgan fingerprint density at radius 2 is 1.79 bits per heavy atom. The van der Waals surface area contributed by atoms with Gasteiger partial charge in [0.2, 0.25) is 5.91 Å². The summed E-state index contributed by atoms with van der Waals surface area (Å²) in [5.41, 5.74) is 0.872. The van der Waals surface area contributed by atoms with Crippen molar-refractivity contribution in [2.75, 3.05) is 29.6 Å². The minimum absolute atomic E-state index is 0.0622. The fourth-order valence-electron chi connectivity index (χ4n) is 3.30. The first-order chi connectivity index (χ1) is 13.3. The molecule has 9 heteroatoms. The molecule has 0 unspecified atom stereocenters. The largest absolute Gasteiger partial charge is 0.366 e. The van der Waals surface area contributed by atoms with Gasteiger partial charge in [-0.25, -0.2) is 8.42 Å². The second-order valence-corrected chi connectivity index (χ2v) is 8.81. The predicted octanol–water partition coefficient (Wildman–Crippen LogP) is 2.85. The predicted molar refractivity (Wildman–Crippen MR) is 106 cm³/mol. The molecular weight excluding hydrogens is 382 g/mol. The third-order valence-corrected chi connectivity index (χ3v) is 5.93. The van der Waals surface area contributed by atoms with E-state index in [0.717, 1.165) is 18.0 Å². The minimum Gasteiger partial charge on any atom is -0.366 e. The molecule has 3 rings (SSSR count). The molecule has 28 heavy (non-hydrogen) atoms. The molecule has 0 saturated carbocycles. The van der Waals surface area contributed by atoms with E-state index in [1.54, 1.807) is 0 Å². The van der Waals surface area contributed by atoms with Gasteiger partial charge >= 0.3 is 0 Å². The van der Waals surface area contributed by atoms with Gasteiger partial charge in [-0.05, 0) is 37.1 Å². The van der Waals surface area contributed by atoms with Crippen LogP contribution in [0.5, 0.6) is 0 Å². The van der Waals surface area contributed by atoms with E-state index >= 15 is 0 Å². The lowest BCUT2D eigenvalue weighted by molar-refractivity contribution is -0.384. The molecule has 2 aromatic rings. The number of rotatable bonds is 5. The van der Waals surface area contributed by atoms with Crippen LogP contribution in [-0.4, -0.2) is 38.6 Å². The molecule has 0 radical (unpaired) electrons. The van der Waals surface area contributed by atoms with E-state index in [-0.39, 0.29) is 22.4 Å². The number of hydrogen-bond acceptors (Lipinski definition) is 6. The molecule has 1 fully saturated rings. The fraction of sp³-hybridized carbons (Fsp3) is 0.316. The van der Waals surface area contributed by atoms with Gasteiger partial charge < -0.3 is 10.2 Å². The Morgan fingerprint density at radius 1 is 1.14 bits per heavy atom. The summed E-state index contributed by atoms with van der Waals surface area (Å²) in [7, 11) is -3.53. The smallest absolute Gasteiger partial charge is 0.293 e. The SMILES string of the molecule is CS(=O)(=O)c1ccc(N2CCC(C(=O)Nc3ccccc3)CC2)c([N+](=O)[O-])c1. The standard InChI is InChI=1S/C19H21N3O5S/c1-28(26,27)16-7-8-17(18(13-16)22(24)25)21-11-9-14(10-12-21)19(23)20-15-5-3-2-4-6-15/h2-8,13-14H,9-12H2,1H3,(H,20,23). The number of amides is 1. The molecule has 0 atom stereocenters. The summed E-state index contributed by atoms with van der Waals surface area (Å²) in [4.78, 5) is 25.1. The highest BCUT2D eigenvalue weighted by atomic mass is 32.2. The van der Waals surface area contributed by atoms with Crippen LogP contribution < -0.4 is 10.2 Å². The van der Waals surface area contributed by atoms with Crippen LogP contribution in [0.25, 0.3) is 0 Å². The average Bonchev–Trinajstić information content (AvgIpc) is 2.67. The van der Waals surface area contributed by atoms with Crippen LogP contribution in [0.15, 0.2) is 53.4 Å². The topological polar surface area (TPSA) is 110 Å². The van der Waals surface area contributed by atoms with Gasteiger partial charge in [-0.15, -0.1) is 0 Å². The highest BCUT2D eigenvalue weighted by Crippen LogP contribution is 2.33. The molecule has 0 bridgehead atoms. The van der Waals surface area contributed by atoms with Gasteiger partial charge in [0.15, 0.2) is 9.84 Å². The molecule has 1 saturated heterocycles. The maximum Gasteiger partial charge on any atom is 0.293 e. The van der Waals surface area contributed by atoms with Crippen molar-refractivity contribution in [2.45, 2.75) is 17.7 Å². The zero-order chi connectivity index (χ0) is 20.3. The lowest BCUT2D eigenvalue weighted by Crippen LogP contribution is -2.38. The number of carbonyl (C=O) groups is 1. The van der Waals surface area contributed by atoms with Gasteiger partial charge in [0.1, 0.15) is 5.69 Å². The number of benzene rings is 2. The van der Waals surface area contributed by atoms with E-state index in [1.165, 1.54) is 12.1 Å². The first kappa shape index (κ1) is 19.8. The first-order valence-corrected chi connectivity index (χ1v) is 10.7. The second-order valence-electron chi connectivity index (χ2n) is 6.80. The molecule has 148 valence electrons. The van der Waals surface area contributed by atoms with Crippen LogP contribution in [0.1, 0.15) is 12.8 Å². The second kappa shape index (κ2) is 7.97. The molecule has 0 aliphatic carbocycles. The van der Waals surface area contributed by atoms with Gasteiger partial charge in [-0.1, -0.05) is 18.2 Å². The maximum atomic E-state index is 12.4. The van der Waals surface area contributed by atoms with Crippen molar-refractivity contribution in [3.05, 3.63) is 58.6 Å². The Kier molecular flexibility index (Phi) is 5.64. The number of hydrogen-bond donors (Lipinski definition) is 1. The van der Waals surface area contributed by atoms with Crippen molar-refractivity contribution in [3.8, 4) is 0 Å². The molecule has 1 aliphatic heterocycles. The third kappa shape index (κ3) is 4.48. The molecule has 0 aromatic heterocycles. The lowest BCUT2D eigenvalue weighted by atomic mass is 9.95. The summed E-state index contributed by atoms with van der Waals surface area (Å²) in [6.07, 6.45) is 2.13. The maximum absolute atomic E-state index is 12.4.